The Morgan fingerprint density at radius 1 is 1.54 bits per heavy atom. The molecule has 1 aliphatic rings. The molecule has 0 saturated heterocycles. The van der Waals surface area contributed by atoms with Gasteiger partial charge in [0.05, 0.1) is 0 Å². The Bertz CT molecular complexity index is 354. The Morgan fingerprint density at radius 3 is 2.85 bits per heavy atom. The molecule has 0 fully saturated rings. The lowest BCUT2D eigenvalue weighted by atomic mass is 10.1. The summed E-state index contributed by atoms with van der Waals surface area (Å²) in [5, 5.41) is 9.63. The zero-order valence-corrected chi connectivity index (χ0v) is 8.51. The Kier molecular flexibility index (Phi) is 2.04. The van der Waals surface area contributed by atoms with Crippen LogP contribution >= 0.6 is 15.9 Å². The zero-order chi connectivity index (χ0) is 9.59. The highest BCUT2D eigenvalue weighted by Gasteiger charge is 2.33. The van der Waals surface area contributed by atoms with Crippen molar-refractivity contribution in [3.05, 3.63) is 28.0 Å². The van der Waals surface area contributed by atoms with Crippen molar-refractivity contribution in [2.45, 2.75) is 19.1 Å². The van der Waals surface area contributed by atoms with E-state index in [9.17, 15) is 9.50 Å². The van der Waals surface area contributed by atoms with Gasteiger partial charge in [-0.3, -0.25) is 0 Å². The molecule has 1 aliphatic heterocycles. The molecule has 1 aromatic carbocycles. The van der Waals surface area contributed by atoms with Gasteiger partial charge in [-0.2, -0.15) is 0 Å². The van der Waals surface area contributed by atoms with Gasteiger partial charge in [-0.1, -0.05) is 15.9 Å². The average molecular weight is 247 g/mol. The minimum absolute atomic E-state index is 0.161. The van der Waals surface area contributed by atoms with Gasteiger partial charge in [-0.15, -0.1) is 0 Å². The number of hydrogen-bond donors (Lipinski definition) is 1. The molecule has 0 spiro atoms. The summed E-state index contributed by atoms with van der Waals surface area (Å²) < 4.78 is 19.0. The fraction of sp³-hybridized carbons (Fsp3) is 0.333. The summed E-state index contributed by atoms with van der Waals surface area (Å²) in [7, 11) is 0. The van der Waals surface area contributed by atoms with Crippen molar-refractivity contribution in [1.29, 1.82) is 0 Å². The molecule has 2 atom stereocenters. The van der Waals surface area contributed by atoms with E-state index in [0.717, 1.165) is 0 Å². The van der Waals surface area contributed by atoms with Gasteiger partial charge in [-0.25, -0.2) is 4.39 Å². The number of rotatable bonds is 0. The standard InChI is InChI=1S/C9H8BrFO2/c1-4-8(12)7-5(10)2-3-6(11)9(7)13-4/h2-4,8,12H,1H3. The number of fused-ring (bicyclic) bond motifs is 1. The maximum absolute atomic E-state index is 13.2. The third-order valence-electron chi connectivity index (χ3n) is 2.14. The van der Waals surface area contributed by atoms with Gasteiger partial charge in [0, 0.05) is 10.0 Å². The van der Waals surface area contributed by atoms with Gasteiger partial charge in [0.15, 0.2) is 11.6 Å². The highest BCUT2D eigenvalue weighted by Crippen LogP contribution is 2.42. The molecule has 0 radical (unpaired) electrons. The van der Waals surface area contributed by atoms with Gasteiger partial charge in [0.1, 0.15) is 12.2 Å². The number of benzene rings is 1. The van der Waals surface area contributed by atoms with E-state index in [1.165, 1.54) is 6.07 Å². The predicted octanol–water partition coefficient (Wildman–Crippen LogP) is 2.40. The van der Waals surface area contributed by atoms with Crippen LogP contribution < -0.4 is 4.74 Å². The van der Waals surface area contributed by atoms with Crippen molar-refractivity contribution >= 4 is 15.9 Å². The Hall–Kier alpha value is -0.610. The summed E-state index contributed by atoms with van der Waals surface area (Å²) in [5.41, 5.74) is 0.507. The first-order chi connectivity index (χ1) is 6.11. The lowest BCUT2D eigenvalue weighted by Crippen LogP contribution is -2.13. The number of ether oxygens (including phenoxy) is 1. The second kappa shape index (κ2) is 2.96. The van der Waals surface area contributed by atoms with Crippen molar-refractivity contribution in [3.8, 4) is 5.75 Å². The maximum Gasteiger partial charge on any atom is 0.165 e. The molecule has 2 rings (SSSR count). The molecule has 2 nitrogen and oxygen atoms in total. The molecule has 0 aromatic heterocycles. The Labute approximate surface area is 83.5 Å². The third kappa shape index (κ3) is 1.25. The van der Waals surface area contributed by atoms with Crippen molar-refractivity contribution in [1.82, 2.24) is 0 Å². The van der Waals surface area contributed by atoms with Crippen LogP contribution in [0.25, 0.3) is 0 Å². The summed E-state index contributed by atoms with van der Waals surface area (Å²) >= 11 is 3.24. The highest BCUT2D eigenvalue weighted by molar-refractivity contribution is 9.10. The summed E-state index contributed by atoms with van der Waals surface area (Å²) in [6, 6.07) is 2.88. The van der Waals surface area contributed by atoms with E-state index < -0.39 is 11.9 Å². The monoisotopic (exact) mass is 246 g/mol. The van der Waals surface area contributed by atoms with Crippen LogP contribution in [0.2, 0.25) is 0 Å². The van der Waals surface area contributed by atoms with E-state index in [1.807, 2.05) is 0 Å². The summed E-state index contributed by atoms with van der Waals surface area (Å²) in [6.45, 7) is 1.70. The Balaban J connectivity index is 2.61. The van der Waals surface area contributed by atoms with Crippen LogP contribution in [0.1, 0.15) is 18.6 Å². The third-order valence-corrected chi connectivity index (χ3v) is 2.83. The molecule has 13 heavy (non-hydrogen) atoms. The fourth-order valence-corrected chi connectivity index (χ4v) is 1.98. The topological polar surface area (TPSA) is 29.5 Å². The highest BCUT2D eigenvalue weighted by atomic mass is 79.9. The molecule has 4 heteroatoms. The molecule has 0 amide bonds. The molecule has 1 aromatic rings. The number of halogens is 2. The molecule has 1 N–H and O–H groups in total. The van der Waals surface area contributed by atoms with E-state index >= 15 is 0 Å². The van der Waals surface area contributed by atoms with Crippen molar-refractivity contribution < 1.29 is 14.2 Å². The van der Waals surface area contributed by atoms with Crippen molar-refractivity contribution in [2.24, 2.45) is 0 Å². The van der Waals surface area contributed by atoms with Crippen LogP contribution in [0.15, 0.2) is 16.6 Å². The predicted molar refractivity (Wildman–Crippen MR) is 49.1 cm³/mol. The molecule has 70 valence electrons. The molecule has 2 unspecified atom stereocenters. The van der Waals surface area contributed by atoms with Crippen molar-refractivity contribution in [3.63, 3.8) is 0 Å². The van der Waals surface area contributed by atoms with E-state index in [1.54, 1.807) is 13.0 Å². The van der Waals surface area contributed by atoms with Gasteiger partial charge in [-0.05, 0) is 19.1 Å². The zero-order valence-electron chi connectivity index (χ0n) is 6.92. The first kappa shape index (κ1) is 8.97. The lowest BCUT2D eigenvalue weighted by Gasteiger charge is -2.06. The van der Waals surface area contributed by atoms with Crippen LogP contribution in [-0.2, 0) is 0 Å². The largest absolute Gasteiger partial charge is 0.484 e. The van der Waals surface area contributed by atoms with Gasteiger partial charge < -0.3 is 9.84 Å². The quantitative estimate of drug-likeness (QED) is 0.762. The van der Waals surface area contributed by atoms with Crippen LogP contribution in [0.3, 0.4) is 0 Å². The normalized spacial score (nSPS) is 25.5. The summed E-state index contributed by atoms with van der Waals surface area (Å²) in [5.74, 6) is -0.268. The number of aliphatic hydroxyl groups excluding tert-OH is 1. The average Bonchev–Trinajstić information content (AvgIpc) is 2.38. The first-order valence-corrected chi connectivity index (χ1v) is 4.73. The van der Waals surface area contributed by atoms with E-state index in [2.05, 4.69) is 15.9 Å². The van der Waals surface area contributed by atoms with E-state index in [4.69, 9.17) is 4.74 Å². The van der Waals surface area contributed by atoms with Gasteiger partial charge in [0.2, 0.25) is 0 Å². The van der Waals surface area contributed by atoms with Gasteiger partial charge >= 0.3 is 0 Å². The molecule has 1 heterocycles. The van der Waals surface area contributed by atoms with Crippen LogP contribution in [-0.4, -0.2) is 11.2 Å². The van der Waals surface area contributed by atoms with E-state index in [0.29, 0.717) is 10.0 Å². The molecular weight excluding hydrogens is 239 g/mol. The second-order valence-electron chi connectivity index (χ2n) is 3.04. The molecule has 0 aliphatic carbocycles. The molecule has 0 bridgehead atoms. The van der Waals surface area contributed by atoms with E-state index in [-0.39, 0.29) is 11.9 Å². The summed E-state index contributed by atoms with van der Waals surface area (Å²) in [4.78, 5) is 0. The molecular formula is C9H8BrFO2. The maximum atomic E-state index is 13.2. The second-order valence-corrected chi connectivity index (χ2v) is 3.89. The van der Waals surface area contributed by atoms with Crippen LogP contribution in [0.4, 0.5) is 4.39 Å². The lowest BCUT2D eigenvalue weighted by molar-refractivity contribution is 0.0780. The van der Waals surface area contributed by atoms with Crippen molar-refractivity contribution in [2.75, 3.05) is 0 Å². The summed E-state index contributed by atoms with van der Waals surface area (Å²) in [6.07, 6.45) is -1.14. The number of aliphatic hydroxyl groups is 1. The smallest absolute Gasteiger partial charge is 0.165 e. The first-order valence-electron chi connectivity index (χ1n) is 3.94. The minimum atomic E-state index is -0.750. The van der Waals surface area contributed by atoms with Crippen LogP contribution in [0, 0.1) is 5.82 Å². The Morgan fingerprint density at radius 2 is 2.23 bits per heavy atom. The van der Waals surface area contributed by atoms with Crippen LogP contribution in [0.5, 0.6) is 5.75 Å². The SMILES string of the molecule is CC1Oc2c(F)ccc(Br)c2C1O. The molecule has 0 saturated carbocycles. The van der Waals surface area contributed by atoms with Gasteiger partial charge in [0.25, 0.3) is 0 Å². The minimum Gasteiger partial charge on any atom is -0.484 e. The fourth-order valence-electron chi connectivity index (χ4n) is 1.43. The number of hydrogen-bond acceptors (Lipinski definition) is 2.